The average Bonchev–Trinajstić information content (AvgIpc) is 2.36. The molecule has 0 saturated carbocycles. The van der Waals surface area contributed by atoms with Crippen molar-refractivity contribution in [1.82, 2.24) is 4.98 Å². The van der Waals surface area contributed by atoms with Crippen LogP contribution in [-0.4, -0.2) is 4.98 Å². The van der Waals surface area contributed by atoms with Gasteiger partial charge in [0.25, 0.3) is 0 Å². The molecule has 0 N–H and O–H groups in total. The van der Waals surface area contributed by atoms with E-state index in [1.807, 2.05) is 6.07 Å². The summed E-state index contributed by atoms with van der Waals surface area (Å²) in [5.74, 6) is 0. The molecule has 0 aromatic carbocycles. The van der Waals surface area contributed by atoms with Crippen LogP contribution in [0.4, 0.5) is 0 Å². The Morgan fingerprint density at radius 1 is 1.27 bits per heavy atom. The average molecular weight is 188 g/mol. The zero-order chi connectivity index (χ0) is 7.84. The summed E-state index contributed by atoms with van der Waals surface area (Å²) in [5.41, 5.74) is 2.39. The number of rotatable bonds is 0. The van der Waals surface area contributed by atoms with Gasteiger partial charge in [0.05, 0.1) is 5.02 Å². The fourth-order valence-corrected chi connectivity index (χ4v) is 1.75. The second-order valence-corrected chi connectivity index (χ2v) is 3.49. The molecule has 0 aliphatic heterocycles. The predicted molar refractivity (Wildman–Crippen MR) is 46.3 cm³/mol. The van der Waals surface area contributed by atoms with Crippen LogP contribution < -0.4 is 0 Å². The molecule has 0 bridgehead atoms. The molecule has 0 fully saturated rings. The van der Waals surface area contributed by atoms with Gasteiger partial charge in [0, 0.05) is 5.69 Å². The van der Waals surface area contributed by atoms with Crippen LogP contribution in [0.3, 0.4) is 0 Å². The van der Waals surface area contributed by atoms with E-state index in [9.17, 15) is 0 Å². The Kier molecular flexibility index (Phi) is 1.78. The summed E-state index contributed by atoms with van der Waals surface area (Å²) in [6.07, 6.45) is 3.32. The summed E-state index contributed by atoms with van der Waals surface area (Å²) in [5, 5.41) is 1.01. The molecule has 2 rings (SSSR count). The van der Waals surface area contributed by atoms with Crippen molar-refractivity contribution in [3.8, 4) is 0 Å². The lowest BCUT2D eigenvalue weighted by atomic mass is 10.2. The summed E-state index contributed by atoms with van der Waals surface area (Å²) < 4.78 is 0. The zero-order valence-corrected chi connectivity index (χ0v) is 7.41. The predicted octanol–water partition coefficient (Wildman–Crippen LogP) is 2.88. The molecule has 0 atom stereocenters. The molecular formula is C8H7Cl2N. The van der Waals surface area contributed by atoms with E-state index in [4.69, 9.17) is 23.2 Å². The number of halogens is 2. The highest BCUT2D eigenvalue weighted by molar-refractivity contribution is 6.41. The molecule has 1 aromatic rings. The number of nitrogens with zero attached hydrogens (tertiary/aromatic N) is 1. The van der Waals surface area contributed by atoms with Gasteiger partial charge in [-0.15, -0.1) is 0 Å². The number of pyridine rings is 1. The van der Waals surface area contributed by atoms with Crippen LogP contribution >= 0.6 is 23.2 Å². The zero-order valence-electron chi connectivity index (χ0n) is 5.90. The van der Waals surface area contributed by atoms with E-state index in [1.165, 1.54) is 12.0 Å². The molecule has 1 aliphatic carbocycles. The molecule has 0 spiro atoms. The Bertz CT molecular complexity index is 267. The molecule has 1 aromatic heterocycles. The first-order valence-electron chi connectivity index (χ1n) is 3.61. The van der Waals surface area contributed by atoms with Crippen molar-refractivity contribution in [3.05, 3.63) is 27.5 Å². The van der Waals surface area contributed by atoms with Crippen molar-refractivity contribution < 1.29 is 0 Å². The molecule has 11 heavy (non-hydrogen) atoms. The molecule has 1 heterocycles. The number of hydrogen-bond donors (Lipinski definition) is 0. The van der Waals surface area contributed by atoms with Gasteiger partial charge in [-0.2, -0.15) is 0 Å². The van der Waals surface area contributed by atoms with Crippen LogP contribution in [-0.2, 0) is 12.8 Å². The van der Waals surface area contributed by atoms with Gasteiger partial charge in [-0.25, -0.2) is 4.98 Å². The van der Waals surface area contributed by atoms with Crippen molar-refractivity contribution >= 4 is 23.2 Å². The second kappa shape index (κ2) is 2.65. The minimum Gasteiger partial charge on any atom is -0.239 e. The van der Waals surface area contributed by atoms with Crippen molar-refractivity contribution in [3.63, 3.8) is 0 Å². The molecular weight excluding hydrogens is 181 g/mol. The van der Waals surface area contributed by atoms with Crippen LogP contribution in [0, 0.1) is 0 Å². The van der Waals surface area contributed by atoms with Crippen molar-refractivity contribution in [2.75, 3.05) is 0 Å². The summed E-state index contributed by atoms with van der Waals surface area (Å²) in [4.78, 5) is 4.19. The number of aromatic nitrogens is 1. The van der Waals surface area contributed by atoms with Crippen LogP contribution in [0.15, 0.2) is 6.07 Å². The maximum absolute atomic E-state index is 5.80. The van der Waals surface area contributed by atoms with E-state index in [2.05, 4.69) is 4.98 Å². The van der Waals surface area contributed by atoms with Gasteiger partial charge in [0.15, 0.2) is 0 Å². The van der Waals surface area contributed by atoms with Gasteiger partial charge in [-0.1, -0.05) is 23.2 Å². The lowest BCUT2D eigenvalue weighted by Gasteiger charge is -1.99. The van der Waals surface area contributed by atoms with Gasteiger partial charge >= 0.3 is 0 Å². The van der Waals surface area contributed by atoms with E-state index >= 15 is 0 Å². The van der Waals surface area contributed by atoms with Gasteiger partial charge in [-0.05, 0) is 30.9 Å². The normalized spacial score (nSPS) is 15.1. The monoisotopic (exact) mass is 187 g/mol. The maximum atomic E-state index is 5.80. The van der Waals surface area contributed by atoms with E-state index in [1.54, 1.807) is 0 Å². The van der Waals surface area contributed by atoms with Crippen molar-refractivity contribution in [2.24, 2.45) is 0 Å². The smallest absolute Gasteiger partial charge is 0.147 e. The summed E-state index contributed by atoms with van der Waals surface area (Å²) in [7, 11) is 0. The molecule has 3 heteroatoms. The van der Waals surface area contributed by atoms with Crippen molar-refractivity contribution in [1.29, 1.82) is 0 Å². The van der Waals surface area contributed by atoms with E-state index < -0.39 is 0 Å². The summed E-state index contributed by atoms with van der Waals surface area (Å²) in [6, 6.07) is 1.93. The minimum atomic E-state index is 0.437. The van der Waals surface area contributed by atoms with Crippen LogP contribution in [0.2, 0.25) is 10.2 Å². The van der Waals surface area contributed by atoms with Crippen LogP contribution in [0.25, 0.3) is 0 Å². The Morgan fingerprint density at radius 2 is 2.09 bits per heavy atom. The first-order valence-corrected chi connectivity index (χ1v) is 4.37. The third kappa shape index (κ3) is 1.23. The third-order valence-corrected chi connectivity index (χ3v) is 2.63. The lowest BCUT2D eigenvalue weighted by molar-refractivity contribution is 0.899. The van der Waals surface area contributed by atoms with Crippen LogP contribution in [0.5, 0.6) is 0 Å². The Morgan fingerprint density at radius 3 is 2.91 bits per heavy atom. The van der Waals surface area contributed by atoms with E-state index in [-0.39, 0.29) is 0 Å². The Balaban J connectivity index is 2.57. The van der Waals surface area contributed by atoms with Gasteiger partial charge in [0.2, 0.25) is 0 Å². The fourth-order valence-electron chi connectivity index (χ4n) is 1.42. The molecule has 58 valence electrons. The van der Waals surface area contributed by atoms with Gasteiger partial charge in [0.1, 0.15) is 5.15 Å². The number of hydrogen-bond acceptors (Lipinski definition) is 1. The highest BCUT2D eigenvalue weighted by Crippen LogP contribution is 2.27. The lowest BCUT2D eigenvalue weighted by Crippen LogP contribution is -1.88. The van der Waals surface area contributed by atoms with Gasteiger partial charge in [-0.3, -0.25) is 0 Å². The van der Waals surface area contributed by atoms with E-state index in [0.29, 0.717) is 10.2 Å². The molecule has 0 amide bonds. The minimum absolute atomic E-state index is 0.437. The highest BCUT2D eigenvalue weighted by Gasteiger charge is 2.14. The quantitative estimate of drug-likeness (QED) is 0.570. The maximum Gasteiger partial charge on any atom is 0.147 e. The largest absolute Gasteiger partial charge is 0.239 e. The molecule has 0 saturated heterocycles. The van der Waals surface area contributed by atoms with E-state index in [0.717, 1.165) is 18.5 Å². The fraction of sp³-hybridized carbons (Fsp3) is 0.375. The SMILES string of the molecule is Clc1cc2c(nc1Cl)CCC2. The number of fused-ring (bicyclic) bond motifs is 1. The molecule has 0 radical (unpaired) electrons. The summed E-state index contributed by atoms with van der Waals surface area (Å²) in [6.45, 7) is 0. The Hall–Kier alpha value is -0.270. The first kappa shape index (κ1) is 7.38. The molecule has 1 nitrogen and oxygen atoms in total. The standard InChI is InChI=1S/C8H7Cl2N/c9-6-4-5-2-1-3-7(5)11-8(6)10/h4H,1-3H2. The molecule has 0 unspecified atom stereocenters. The first-order chi connectivity index (χ1) is 5.27. The highest BCUT2D eigenvalue weighted by atomic mass is 35.5. The Labute approximate surface area is 75.3 Å². The summed E-state index contributed by atoms with van der Waals surface area (Å²) >= 11 is 11.5. The number of aryl methyl sites for hydroxylation is 2. The topological polar surface area (TPSA) is 12.9 Å². The van der Waals surface area contributed by atoms with Crippen molar-refractivity contribution in [2.45, 2.75) is 19.3 Å². The van der Waals surface area contributed by atoms with Gasteiger partial charge < -0.3 is 0 Å². The second-order valence-electron chi connectivity index (χ2n) is 2.72. The third-order valence-electron chi connectivity index (χ3n) is 1.96. The molecule has 1 aliphatic rings. The van der Waals surface area contributed by atoms with Crippen LogP contribution in [0.1, 0.15) is 17.7 Å².